The van der Waals surface area contributed by atoms with E-state index >= 15 is 0 Å². The van der Waals surface area contributed by atoms with E-state index in [1.54, 1.807) is 23.6 Å². The van der Waals surface area contributed by atoms with Gasteiger partial charge in [-0.1, -0.05) is 0 Å². The van der Waals surface area contributed by atoms with Crippen LogP contribution in [0.1, 0.15) is 22.7 Å². The number of nitrogens with zero attached hydrogens (tertiary/aromatic N) is 2. The van der Waals surface area contributed by atoms with Crippen LogP contribution in [0.25, 0.3) is 0 Å². The highest BCUT2D eigenvalue weighted by atomic mass is 32.2. The predicted molar refractivity (Wildman–Crippen MR) is 65.6 cm³/mol. The molecule has 1 aromatic rings. The monoisotopic (exact) mass is 270 g/mol. The van der Waals surface area contributed by atoms with Gasteiger partial charge in [-0.3, -0.25) is 9.59 Å². The number of carboxylic acid groups (broad SMARTS) is 1. The summed E-state index contributed by atoms with van der Waals surface area (Å²) in [6, 6.07) is -0.279. The minimum atomic E-state index is -0.894. The van der Waals surface area contributed by atoms with Crippen LogP contribution in [-0.4, -0.2) is 51.0 Å². The quantitative estimate of drug-likeness (QED) is 0.882. The van der Waals surface area contributed by atoms with Gasteiger partial charge in [0.15, 0.2) is 6.39 Å². The Bertz CT molecular complexity index is 460. The van der Waals surface area contributed by atoms with Gasteiger partial charge >= 0.3 is 5.97 Å². The molecule has 98 valence electrons. The molecule has 0 spiro atoms. The lowest BCUT2D eigenvalue weighted by Gasteiger charge is -2.34. The Morgan fingerprint density at radius 3 is 3.06 bits per heavy atom. The molecule has 0 bridgehead atoms. The van der Waals surface area contributed by atoms with E-state index in [1.165, 1.54) is 6.39 Å². The van der Waals surface area contributed by atoms with E-state index < -0.39 is 5.97 Å². The number of hydrogen-bond donors (Lipinski definition) is 1. The molecule has 18 heavy (non-hydrogen) atoms. The molecule has 1 fully saturated rings. The third-order valence-electron chi connectivity index (χ3n) is 2.84. The van der Waals surface area contributed by atoms with Crippen molar-refractivity contribution in [3.05, 3.63) is 17.8 Å². The molecule has 1 aliphatic rings. The van der Waals surface area contributed by atoms with Crippen molar-refractivity contribution in [2.45, 2.75) is 19.4 Å². The molecule has 7 heteroatoms. The highest BCUT2D eigenvalue weighted by molar-refractivity contribution is 7.99. The van der Waals surface area contributed by atoms with Crippen molar-refractivity contribution in [3.8, 4) is 0 Å². The SMILES string of the molecule is Cc1ncoc1C(=O)N1CCSCC1CC(=O)O. The van der Waals surface area contributed by atoms with E-state index in [-0.39, 0.29) is 24.1 Å². The summed E-state index contributed by atoms with van der Waals surface area (Å²) in [7, 11) is 0. The summed E-state index contributed by atoms with van der Waals surface area (Å²) in [5, 5.41) is 8.87. The Morgan fingerprint density at radius 1 is 1.67 bits per heavy atom. The van der Waals surface area contributed by atoms with Gasteiger partial charge in [0.05, 0.1) is 18.2 Å². The third kappa shape index (κ3) is 2.66. The molecule has 0 aliphatic carbocycles. The van der Waals surface area contributed by atoms with Crippen LogP contribution in [-0.2, 0) is 4.79 Å². The number of oxazole rings is 1. The second kappa shape index (κ2) is 5.43. The first-order valence-electron chi connectivity index (χ1n) is 5.60. The van der Waals surface area contributed by atoms with E-state index in [1.807, 2.05) is 0 Å². The lowest BCUT2D eigenvalue weighted by molar-refractivity contribution is -0.138. The Hall–Kier alpha value is -1.50. The zero-order valence-corrected chi connectivity index (χ0v) is 10.8. The molecule has 0 saturated carbocycles. The van der Waals surface area contributed by atoms with E-state index in [0.29, 0.717) is 18.0 Å². The van der Waals surface area contributed by atoms with Crippen LogP contribution in [0.5, 0.6) is 0 Å². The molecule has 2 heterocycles. The normalized spacial score (nSPS) is 19.8. The summed E-state index contributed by atoms with van der Waals surface area (Å²) >= 11 is 1.66. The fraction of sp³-hybridized carbons (Fsp3) is 0.545. The van der Waals surface area contributed by atoms with Crippen molar-refractivity contribution in [3.63, 3.8) is 0 Å². The fourth-order valence-electron chi connectivity index (χ4n) is 1.93. The average Bonchev–Trinajstić information content (AvgIpc) is 2.74. The number of thioether (sulfide) groups is 1. The van der Waals surface area contributed by atoms with Gasteiger partial charge in [-0.25, -0.2) is 4.98 Å². The number of aromatic nitrogens is 1. The van der Waals surface area contributed by atoms with Crippen molar-refractivity contribution in [2.75, 3.05) is 18.1 Å². The number of aliphatic carboxylic acids is 1. The molecular weight excluding hydrogens is 256 g/mol. The molecule has 1 N–H and O–H groups in total. The van der Waals surface area contributed by atoms with Crippen LogP contribution >= 0.6 is 11.8 Å². The highest BCUT2D eigenvalue weighted by Crippen LogP contribution is 2.22. The first-order chi connectivity index (χ1) is 8.59. The topological polar surface area (TPSA) is 83.6 Å². The van der Waals surface area contributed by atoms with Gasteiger partial charge in [0.25, 0.3) is 5.91 Å². The summed E-state index contributed by atoms with van der Waals surface area (Å²) in [6.45, 7) is 2.24. The van der Waals surface area contributed by atoms with Gasteiger partial charge in [0, 0.05) is 18.1 Å². The van der Waals surface area contributed by atoms with Gasteiger partial charge in [0.1, 0.15) is 0 Å². The zero-order valence-electron chi connectivity index (χ0n) is 9.96. The molecule has 1 aromatic heterocycles. The number of carbonyl (C=O) groups is 2. The highest BCUT2D eigenvalue weighted by Gasteiger charge is 2.31. The number of aryl methyl sites for hydroxylation is 1. The van der Waals surface area contributed by atoms with Crippen molar-refractivity contribution in [1.29, 1.82) is 0 Å². The van der Waals surface area contributed by atoms with E-state index in [4.69, 9.17) is 9.52 Å². The Kier molecular flexibility index (Phi) is 3.90. The number of amides is 1. The van der Waals surface area contributed by atoms with Crippen LogP contribution in [0.15, 0.2) is 10.8 Å². The van der Waals surface area contributed by atoms with Crippen LogP contribution in [0, 0.1) is 6.92 Å². The number of carbonyl (C=O) groups excluding carboxylic acids is 1. The summed E-state index contributed by atoms with van der Waals surface area (Å²) < 4.78 is 5.08. The number of hydrogen-bond acceptors (Lipinski definition) is 5. The fourth-order valence-corrected chi connectivity index (χ4v) is 2.99. The summed E-state index contributed by atoms with van der Waals surface area (Å²) in [5.41, 5.74) is 0.535. The van der Waals surface area contributed by atoms with E-state index in [2.05, 4.69) is 4.98 Å². The predicted octanol–water partition coefficient (Wildman–Crippen LogP) is 1.02. The maximum absolute atomic E-state index is 12.3. The molecule has 1 atom stereocenters. The van der Waals surface area contributed by atoms with Gasteiger partial charge < -0.3 is 14.4 Å². The first kappa shape index (κ1) is 12.9. The standard InChI is InChI=1S/C11H14N2O4S/c1-7-10(17-6-12-7)11(16)13-2-3-18-5-8(13)4-9(14)15/h6,8H,2-5H2,1H3,(H,14,15). The summed E-state index contributed by atoms with van der Waals surface area (Å²) in [6.07, 6.45) is 1.19. The molecule has 6 nitrogen and oxygen atoms in total. The minimum Gasteiger partial charge on any atom is -0.481 e. The molecule has 2 rings (SSSR count). The molecule has 1 saturated heterocycles. The number of carboxylic acids is 1. The third-order valence-corrected chi connectivity index (χ3v) is 3.93. The zero-order chi connectivity index (χ0) is 13.1. The van der Waals surface area contributed by atoms with Gasteiger partial charge in [-0.05, 0) is 6.92 Å². The van der Waals surface area contributed by atoms with Crippen molar-refractivity contribution >= 4 is 23.6 Å². The first-order valence-corrected chi connectivity index (χ1v) is 6.75. The van der Waals surface area contributed by atoms with E-state index in [9.17, 15) is 9.59 Å². The summed E-state index contributed by atoms with van der Waals surface area (Å²) in [4.78, 5) is 28.5. The van der Waals surface area contributed by atoms with E-state index in [0.717, 1.165) is 5.75 Å². The van der Waals surface area contributed by atoms with Crippen molar-refractivity contribution in [2.24, 2.45) is 0 Å². The second-order valence-corrected chi connectivity index (χ2v) is 5.24. The lowest BCUT2D eigenvalue weighted by atomic mass is 10.1. The lowest BCUT2D eigenvalue weighted by Crippen LogP contribution is -2.47. The molecule has 1 aliphatic heterocycles. The summed E-state index contributed by atoms with van der Waals surface area (Å²) in [5.74, 6) is 0.503. The minimum absolute atomic E-state index is 0.0358. The molecule has 1 amide bonds. The molecule has 1 unspecified atom stereocenters. The van der Waals surface area contributed by atoms with Crippen LogP contribution in [0.2, 0.25) is 0 Å². The number of rotatable bonds is 3. The molecular formula is C11H14N2O4S. The Morgan fingerprint density at radius 2 is 2.44 bits per heavy atom. The largest absolute Gasteiger partial charge is 0.481 e. The smallest absolute Gasteiger partial charge is 0.305 e. The maximum Gasteiger partial charge on any atom is 0.305 e. The maximum atomic E-state index is 12.3. The average molecular weight is 270 g/mol. The Balaban J connectivity index is 2.16. The van der Waals surface area contributed by atoms with Gasteiger partial charge in [-0.2, -0.15) is 11.8 Å². The molecule has 0 radical (unpaired) electrons. The van der Waals surface area contributed by atoms with Crippen LogP contribution in [0.3, 0.4) is 0 Å². The second-order valence-electron chi connectivity index (χ2n) is 4.09. The Labute approximate surface area is 108 Å². The molecule has 0 aromatic carbocycles. The van der Waals surface area contributed by atoms with Crippen LogP contribution < -0.4 is 0 Å². The van der Waals surface area contributed by atoms with Crippen LogP contribution in [0.4, 0.5) is 0 Å². The van der Waals surface area contributed by atoms with Crippen molar-refractivity contribution < 1.29 is 19.1 Å². The van der Waals surface area contributed by atoms with Gasteiger partial charge in [0.2, 0.25) is 5.76 Å². The van der Waals surface area contributed by atoms with Gasteiger partial charge in [-0.15, -0.1) is 0 Å². The van der Waals surface area contributed by atoms with Crippen molar-refractivity contribution in [1.82, 2.24) is 9.88 Å².